The fourth-order valence-corrected chi connectivity index (χ4v) is 5.44. The number of rotatable bonds is 6. The van der Waals surface area contributed by atoms with E-state index in [1.807, 2.05) is 25.1 Å². The van der Waals surface area contributed by atoms with E-state index in [9.17, 15) is 14.9 Å². The van der Waals surface area contributed by atoms with Crippen LogP contribution in [0.1, 0.15) is 22.0 Å². The van der Waals surface area contributed by atoms with E-state index in [0.717, 1.165) is 16.8 Å². The molecular formula is C22H24ClIN4O4. The quantitative estimate of drug-likeness (QED) is 0.137. The van der Waals surface area contributed by atoms with Gasteiger partial charge >= 0.3 is 0 Å². The Bertz CT molecular complexity index is 1050. The molecule has 1 aliphatic heterocycles. The van der Waals surface area contributed by atoms with E-state index in [1.165, 1.54) is 6.07 Å². The molecule has 3 rings (SSSR count). The Labute approximate surface area is 205 Å². The molecule has 0 spiro atoms. The molecule has 1 aliphatic rings. The number of halogens is 2. The summed E-state index contributed by atoms with van der Waals surface area (Å²) in [6, 6.07) is 12.2. The highest BCUT2D eigenvalue weighted by Gasteiger charge is 2.31. The standard InChI is InChI=1S/C22H24ClIN4O4/c1-14-13-16(28(30)31)7-8-19(14)26-9-11-27(12-10-26)22(29)20(15(2)32-25)21(24)17-5-3-4-6-18(17)23/h3-8,13,21H,9-12,25H2,1-2H3/b20-15+. The number of alkyl halides is 1. The third-order valence-corrected chi connectivity index (χ3v) is 7.15. The van der Waals surface area contributed by atoms with Gasteiger partial charge in [-0.1, -0.05) is 52.4 Å². The van der Waals surface area contributed by atoms with Gasteiger partial charge in [0.25, 0.3) is 11.6 Å². The fourth-order valence-electron chi connectivity index (χ4n) is 3.77. The lowest BCUT2D eigenvalue weighted by atomic mass is 10.0. The van der Waals surface area contributed by atoms with E-state index in [2.05, 4.69) is 27.5 Å². The lowest BCUT2D eigenvalue weighted by Crippen LogP contribution is -2.49. The fraction of sp³-hybridized carbons (Fsp3) is 0.318. The van der Waals surface area contributed by atoms with Crippen LogP contribution in [0.15, 0.2) is 53.8 Å². The van der Waals surface area contributed by atoms with Gasteiger partial charge in [0, 0.05) is 49.0 Å². The monoisotopic (exact) mass is 570 g/mol. The van der Waals surface area contributed by atoms with Gasteiger partial charge in [-0.05, 0) is 37.1 Å². The van der Waals surface area contributed by atoms with Crippen molar-refractivity contribution in [1.82, 2.24) is 4.90 Å². The normalized spacial score (nSPS) is 15.8. The Kier molecular flexibility index (Phi) is 7.96. The summed E-state index contributed by atoms with van der Waals surface area (Å²) in [5.41, 5.74) is 3.11. The summed E-state index contributed by atoms with van der Waals surface area (Å²) >= 11 is 8.54. The number of nitro benzene ring substituents is 1. The van der Waals surface area contributed by atoms with Crippen LogP contribution in [0.25, 0.3) is 0 Å². The summed E-state index contributed by atoms with van der Waals surface area (Å²) in [5, 5.41) is 11.6. The third kappa shape index (κ3) is 5.16. The molecule has 2 N–H and O–H groups in total. The van der Waals surface area contributed by atoms with E-state index >= 15 is 0 Å². The van der Waals surface area contributed by atoms with E-state index in [4.69, 9.17) is 22.3 Å². The van der Waals surface area contributed by atoms with Crippen LogP contribution in [0.4, 0.5) is 11.4 Å². The smallest absolute Gasteiger partial charge is 0.269 e. The molecule has 1 saturated heterocycles. The van der Waals surface area contributed by atoms with Crippen LogP contribution in [0, 0.1) is 17.0 Å². The number of allylic oxidation sites excluding steroid dienone is 1. The van der Waals surface area contributed by atoms with Crippen molar-refractivity contribution in [2.24, 2.45) is 5.90 Å². The highest BCUT2D eigenvalue weighted by molar-refractivity contribution is 14.1. The maximum absolute atomic E-state index is 13.4. The first-order valence-electron chi connectivity index (χ1n) is 9.99. The molecule has 32 heavy (non-hydrogen) atoms. The average Bonchev–Trinajstić information content (AvgIpc) is 2.79. The van der Waals surface area contributed by atoms with Crippen LogP contribution >= 0.6 is 34.2 Å². The van der Waals surface area contributed by atoms with Gasteiger partial charge in [-0.15, -0.1) is 0 Å². The van der Waals surface area contributed by atoms with Crippen molar-refractivity contribution in [2.75, 3.05) is 31.1 Å². The number of carbonyl (C=O) groups excluding carboxylic acids is 1. The van der Waals surface area contributed by atoms with Gasteiger partial charge in [0.2, 0.25) is 0 Å². The van der Waals surface area contributed by atoms with Crippen LogP contribution in [0.2, 0.25) is 5.02 Å². The number of non-ortho nitro benzene ring substituents is 1. The van der Waals surface area contributed by atoms with Gasteiger partial charge in [0.05, 0.1) is 14.4 Å². The maximum Gasteiger partial charge on any atom is 0.269 e. The Hall–Kier alpha value is -2.37. The molecule has 8 nitrogen and oxygen atoms in total. The zero-order valence-electron chi connectivity index (χ0n) is 17.8. The van der Waals surface area contributed by atoms with Crippen molar-refractivity contribution < 1.29 is 14.6 Å². The Morgan fingerprint density at radius 3 is 2.44 bits per heavy atom. The molecule has 1 atom stereocenters. The molecule has 170 valence electrons. The second-order valence-electron chi connectivity index (χ2n) is 7.48. The second-order valence-corrected chi connectivity index (χ2v) is 9.13. The first-order valence-corrected chi connectivity index (χ1v) is 11.6. The molecule has 0 bridgehead atoms. The number of amides is 1. The summed E-state index contributed by atoms with van der Waals surface area (Å²) in [6.07, 6.45) is 0. The van der Waals surface area contributed by atoms with Gasteiger partial charge in [-0.3, -0.25) is 14.9 Å². The average molecular weight is 571 g/mol. The number of nitro groups is 1. The van der Waals surface area contributed by atoms with Gasteiger partial charge in [-0.2, -0.15) is 5.90 Å². The van der Waals surface area contributed by atoms with Crippen LogP contribution in [0.3, 0.4) is 0 Å². The van der Waals surface area contributed by atoms with E-state index < -0.39 is 4.92 Å². The predicted molar refractivity (Wildman–Crippen MR) is 133 cm³/mol. The molecule has 2 aromatic rings. The number of aryl methyl sites for hydroxylation is 1. The first-order chi connectivity index (χ1) is 15.2. The summed E-state index contributed by atoms with van der Waals surface area (Å²) < 4.78 is -0.327. The second kappa shape index (κ2) is 10.5. The van der Waals surface area contributed by atoms with E-state index in [1.54, 1.807) is 30.0 Å². The van der Waals surface area contributed by atoms with Crippen LogP contribution in [0.5, 0.6) is 0 Å². The number of nitrogens with zero attached hydrogens (tertiary/aromatic N) is 3. The number of carbonyl (C=O) groups is 1. The minimum absolute atomic E-state index is 0.0692. The Balaban J connectivity index is 1.77. The lowest BCUT2D eigenvalue weighted by Gasteiger charge is -2.37. The summed E-state index contributed by atoms with van der Waals surface area (Å²) in [4.78, 5) is 32.9. The first kappa shape index (κ1) is 24.3. The number of anilines is 1. The molecular weight excluding hydrogens is 547 g/mol. The molecule has 1 fully saturated rings. The Morgan fingerprint density at radius 1 is 1.22 bits per heavy atom. The predicted octanol–water partition coefficient (Wildman–Crippen LogP) is 4.55. The molecule has 1 amide bonds. The third-order valence-electron chi connectivity index (χ3n) is 5.52. The number of nitrogens with two attached hydrogens (primary N) is 1. The lowest BCUT2D eigenvalue weighted by molar-refractivity contribution is -0.384. The minimum atomic E-state index is -0.400. The summed E-state index contributed by atoms with van der Waals surface area (Å²) in [6.45, 7) is 5.75. The zero-order valence-corrected chi connectivity index (χ0v) is 20.7. The highest BCUT2D eigenvalue weighted by atomic mass is 127. The summed E-state index contributed by atoms with van der Waals surface area (Å²) in [5.74, 6) is 5.63. The highest BCUT2D eigenvalue weighted by Crippen LogP contribution is 2.38. The molecule has 1 heterocycles. The number of benzene rings is 2. The van der Waals surface area contributed by atoms with Gasteiger partial charge in [-0.25, -0.2) is 0 Å². The molecule has 0 aliphatic carbocycles. The van der Waals surface area contributed by atoms with Crippen molar-refractivity contribution in [1.29, 1.82) is 0 Å². The van der Waals surface area contributed by atoms with E-state index in [0.29, 0.717) is 42.5 Å². The summed E-state index contributed by atoms with van der Waals surface area (Å²) in [7, 11) is 0. The van der Waals surface area contributed by atoms with Gasteiger partial charge in [0.1, 0.15) is 5.76 Å². The van der Waals surface area contributed by atoms with Crippen molar-refractivity contribution in [3.8, 4) is 0 Å². The van der Waals surface area contributed by atoms with Crippen LogP contribution in [-0.2, 0) is 9.63 Å². The molecule has 1 unspecified atom stereocenters. The largest absolute Gasteiger partial charge is 0.416 e. The SMILES string of the molecule is C/C(ON)=C(\C(=O)N1CCN(c2ccc([N+](=O)[O-])cc2C)CC1)C(I)c1ccccc1Cl. The van der Waals surface area contributed by atoms with Gasteiger partial charge in [0.15, 0.2) is 0 Å². The zero-order chi connectivity index (χ0) is 23.4. The topological polar surface area (TPSA) is 102 Å². The molecule has 2 aromatic carbocycles. The number of piperazine rings is 1. The van der Waals surface area contributed by atoms with Gasteiger partial charge < -0.3 is 14.6 Å². The van der Waals surface area contributed by atoms with Crippen molar-refractivity contribution in [3.05, 3.63) is 80.1 Å². The minimum Gasteiger partial charge on any atom is -0.416 e. The molecule has 10 heteroatoms. The van der Waals surface area contributed by atoms with E-state index in [-0.39, 0.29) is 15.5 Å². The van der Waals surface area contributed by atoms with Crippen LogP contribution in [-0.4, -0.2) is 41.9 Å². The van der Waals surface area contributed by atoms with Crippen molar-refractivity contribution >= 4 is 51.5 Å². The molecule has 0 aromatic heterocycles. The molecule has 0 saturated carbocycles. The van der Waals surface area contributed by atoms with Crippen molar-refractivity contribution in [3.63, 3.8) is 0 Å². The number of hydrogen-bond acceptors (Lipinski definition) is 6. The van der Waals surface area contributed by atoms with Crippen LogP contribution < -0.4 is 10.8 Å². The Morgan fingerprint density at radius 2 is 1.88 bits per heavy atom. The molecule has 0 radical (unpaired) electrons. The van der Waals surface area contributed by atoms with Crippen molar-refractivity contribution in [2.45, 2.75) is 17.8 Å². The maximum atomic E-state index is 13.4. The number of hydrogen-bond donors (Lipinski definition) is 1.